The third-order valence-corrected chi connectivity index (χ3v) is 6.48. The minimum Gasteiger partial charge on any atom is -0.494 e. The van der Waals surface area contributed by atoms with E-state index in [0.29, 0.717) is 44.6 Å². The van der Waals surface area contributed by atoms with Gasteiger partial charge in [0.1, 0.15) is 18.1 Å². The predicted octanol–water partition coefficient (Wildman–Crippen LogP) is 5.83. The molecule has 38 heavy (non-hydrogen) atoms. The maximum atomic E-state index is 13.7. The van der Waals surface area contributed by atoms with Crippen molar-refractivity contribution in [3.8, 4) is 5.75 Å². The van der Waals surface area contributed by atoms with Gasteiger partial charge in [-0.3, -0.25) is 9.59 Å². The van der Waals surface area contributed by atoms with Gasteiger partial charge in [0.15, 0.2) is 0 Å². The van der Waals surface area contributed by atoms with Crippen molar-refractivity contribution in [2.45, 2.75) is 33.2 Å². The maximum Gasteiger partial charge on any atom is 0.254 e. The monoisotopic (exact) mass is 515 g/mol. The molecule has 0 saturated carbocycles. The summed E-state index contributed by atoms with van der Waals surface area (Å²) in [5.41, 5.74) is 3.54. The summed E-state index contributed by atoms with van der Waals surface area (Å²) >= 11 is 0. The van der Waals surface area contributed by atoms with Crippen molar-refractivity contribution >= 4 is 22.7 Å². The number of H-pyrrole nitrogens is 1. The Balaban J connectivity index is 1.53. The molecule has 0 unspecified atom stereocenters. The van der Waals surface area contributed by atoms with Crippen LogP contribution < -0.4 is 4.74 Å². The number of hydrogen-bond donors (Lipinski definition) is 1. The summed E-state index contributed by atoms with van der Waals surface area (Å²) in [4.78, 5) is 33.5. The highest BCUT2D eigenvalue weighted by atomic mass is 19.1. The van der Waals surface area contributed by atoms with E-state index < -0.39 is 5.82 Å². The van der Waals surface area contributed by atoms with Gasteiger partial charge in [-0.1, -0.05) is 37.3 Å². The number of carbonyl (C=O) groups excluding carboxylic acids is 2. The van der Waals surface area contributed by atoms with Crippen molar-refractivity contribution < 1.29 is 18.7 Å². The zero-order chi connectivity index (χ0) is 26.9. The largest absolute Gasteiger partial charge is 0.494 e. The van der Waals surface area contributed by atoms with Gasteiger partial charge in [0.05, 0.1) is 6.61 Å². The molecule has 0 aliphatic heterocycles. The van der Waals surface area contributed by atoms with Crippen LogP contribution in [0.4, 0.5) is 4.39 Å². The molecule has 1 heterocycles. The fraction of sp³-hybridized carbons (Fsp3) is 0.290. The Labute approximate surface area is 223 Å². The second-order valence-electron chi connectivity index (χ2n) is 9.24. The topological polar surface area (TPSA) is 65.6 Å². The van der Waals surface area contributed by atoms with E-state index in [4.69, 9.17) is 4.74 Å². The number of aromatic nitrogens is 1. The first-order valence-electron chi connectivity index (χ1n) is 13.1. The van der Waals surface area contributed by atoms with Gasteiger partial charge < -0.3 is 19.5 Å². The van der Waals surface area contributed by atoms with Crippen LogP contribution in [0.25, 0.3) is 10.9 Å². The highest BCUT2D eigenvalue weighted by molar-refractivity contribution is 5.96. The van der Waals surface area contributed by atoms with Crippen LogP contribution in [0.3, 0.4) is 0 Å². The van der Waals surface area contributed by atoms with Crippen molar-refractivity contribution in [2.24, 2.45) is 0 Å². The lowest BCUT2D eigenvalue weighted by atomic mass is 10.1. The van der Waals surface area contributed by atoms with Gasteiger partial charge in [0.2, 0.25) is 5.91 Å². The molecule has 3 aromatic carbocycles. The van der Waals surface area contributed by atoms with Crippen molar-refractivity contribution in [1.29, 1.82) is 0 Å². The normalized spacial score (nSPS) is 10.9. The lowest BCUT2D eigenvalue weighted by molar-refractivity contribution is -0.132. The van der Waals surface area contributed by atoms with Crippen molar-refractivity contribution in [3.63, 3.8) is 0 Å². The SMILES string of the molecule is CCCN(CC(=O)N(CCc1c[nH]c2ccccc12)Cc1ccc(OCC)cc1)C(=O)c1ccc(F)cc1. The molecule has 0 radical (unpaired) electrons. The molecule has 1 aromatic heterocycles. The number of para-hydroxylation sites is 1. The third-order valence-electron chi connectivity index (χ3n) is 6.48. The second-order valence-corrected chi connectivity index (χ2v) is 9.24. The zero-order valence-electron chi connectivity index (χ0n) is 22.0. The third kappa shape index (κ3) is 6.79. The van der Waals surface area contributed by atoms with Gasteiger partial charge in [-0.25, -0.2) is 4.39 Å². The maximum absolute atomic E-state index is 13.7. The first kappa shape index (κ1) is 26.9. The molecular formula is C31H34FN3O3. The number of rotatable bonds is 12. The first-order chi connectivity index (χ1) is 18.5. The van der Waals surface area contributed by atoms with E-state index in [1.165, 1.54) is 24.3 Å². The quantitative estimate of drug-likeness (QED) is 0.258. The number of nitrogens with one attached hydrogen (secondary N) is 1. The highest BCUT2D eigenvalue weighted by Gasteiger charge is 2.22. The molecule has 0 aliphatic carbocycles. The molecule has 2 amide bonds. The number of ether oxygens (including phenoxy) is 1. The average Bonchev–Trinajstić information content (AvgIpc) is 3.35. The van der Waals surface area contributed by atoms with Crippen LogP contribution >= 0.6 is 0 Å². The van der Waals surface area contributed by atoms with E-state index in [1.807, 2.05) is 62.5 Å². The molecule has 6 nitrogen and oxygen atoms in total. The van der Waals surface area contributed by atoms with Crippen LogP contribution in [0.15, 0.2) is 79.0 Å². The van der Waals surface area contributed by atoms with Gasteiger partial charge in [-0.2, -0.15) is 0 Å². The van der Waals surface area contributed by atoms with Gasteiger partial charge in [-0.15, -0.1) is 0 Å². The van der Waals surface area contributed by atoms with E-state index in [2.05, 4.69) is 11.1 Å². The number of aromatic amines is 1. The molecule has 4 rings (SSSR count). The molecule has 7 heteroatoms. The van der Waals surface area contributed by atoms with Gasteiger partial charge in [0, 0.05) is 42.3 Å². The number of fused-ring (bicyclic) bond motifs is 1. The van der Waals surface area contributed by atoms with E-state index in [1.54, 1.807) is 9.80 Å². The van der Waals surface area contributed by atoms with Crippen molar-refractivity contribution in [3.05, 3.63) is 102 Å². The summed E-state index contributed by atoms with van der Waals surface area (Å²) in [7, 11) is 0. The molecule has 0 fully saturated rings. The van der Waals surface area contributed by atoms with E-state index in [0.717, 1.165) is 27.8 Å². The molecular weight excluding hydrogens is 481 g/mol. The number of hydrogen-bond acceptors (Lipinski definition) is 3. The minimum atomic E-state index is -0.404. The summed E-state index contributed by atoms with van der Waals surface area (Å²) in [5.74, 6) is -0.0362. The Kier molecular flexibility index (Phi) is 9.14. The molecule has 0 saturated heterocycles. The second kappa shape index (κ2) is 12.9. The number of carbonyl (C=O) groups is 2. The Bertz CT molecular complexity index is 1350. The fourth-order valence-corrected chi connectivity index (χ4v) is 4.52. The standard InChI is InChI=1S/C31H34FN3O3/c1-3-18-35(31(37)24-11-13-26(32)14-12-24)22-30(36)34(21-23-9-15-27(16-10-23)38-4-2)19-17-25-20-33-29-8-6-5-7-28(25)29/h5-16,20,33H,3-4,17-19,21-22H2,1-2H3. The summed E-state index contributed by atoms with van der Waals surface area (Å²) < 4.78 is 18.9. The average molecular weight is 516 g/mol. The fourth-order valence-electron chi connectivity index (χ4n) is 4.52. The summed E-state index contributed by atoms with van der Waals surface area (Å²) in [6.45, 7) is 5.79. The zero-order valence-corrected chi connectivity index (χ0v) is 22.0. The Morgan fingerprint density at radius 2 is 1.63 bits per heavy atom. The minimum absolute atomic E-state index is 0.0467. The first-order valence-corrected chi connectivity index (χ1v) is 13.1. The predicted molar refractivity (Wildman–Crippen MR) is 148 cm³/mol. The molecule has 0 spiro atoms. The van der Waals surface area contributed by atoms with Crippen LogP contribution in [0, 0.1) is 5.82 Å². The highest BCUT2D eigenvalue weighted by Crippen LogP contribution is 2.20. The smallest absolute Gasteiger partial charge is 0.254 e. The van der Waals surface area contributed by atoms with Crippen LogP contribution in [0.5, 0.6) is 5.75 Å². The molecule has 0 bridgehead atoms. The molecule has 1 N–H and O–H groups in total. The lowest BCUT2D eigenvalue weighted by Gasteiger charge is -2.28. The summed E-state index contributed by atoms with van der Waals surface area (Å²) in [5, 5.41) is 1.14. The number of benzene rings is 3. The molecule has 4 aromatic rings. The van der Waals surface area contributed by atoms with E-state index >= 15 is 0 Å². The van der Waals surface area contributed by atoms with Crippen LogP contribution in [-0.4, -0.2) is 52.8 Å². The van der Waals surface area contributed by atoms with Crippen LogP contribution in [0.1, 0.15) is 41.8 Å². The lowest BCUT2D eigenvalue weighted by Crippen LogP contribution is -2.43. The Hall–Kier alpha value is -4.13. The molecule has 198 valence electrons. The summed E-state index contributed by atoms with van der Waals surface area (Å²) in [6.07, 6.45) is 3.37. The van der Waals surface area contributed by atoms with Crippen molar-refractivity contribution in [2.75, 3.05) is 26.2 Å². The van der Waals surface area contributed by atoms with Gasteiger partial charge in [0.25, 0.3) is 5.91 Å². The van der Waals surface area contributed by atoms with Crippen LogP contribution in [-0.2, 0) is 17.8 Å². The van der Waals surface area contributed by atoms with Crippen LogP contribution in [0.2, 0.25) is 0 Å². The van der Waals surface area contributed by atoms with Gasteiger partial charge >= 0.3 is 0 Å². The number of halogens is 1. The number of amides is 2. The molecule has 0 aliphatic rings. The summed E-state index contributed by atoms with van der Waals surface area (Å²) in [6, 6.07) is 21.3. The molecule has 0 atom stereocenters. The number of nitrogens with zero attached hydrogens (tertiary/aromatic N) is 2. The van der Waals surface area contributed by atoms with Crippen molar-refractivity contribution in [1.82, 2.24) is 14.8 Å². The Morgan fingerprint density at radius 1 is 0.895 bits per heavy atom. The van der Waals surface area contributed by atoms with Gasteiger partial charge in [-0.05, 0) is 73.4 Å². The Morgan fingerprint density at radius 3 is 2.34 bits per heavy atom. The van der Waals surface area contributed by atoms with E-state index in [-0.39, 0.29) is 18.4 Å². The van der Waals surface area contributed by atoms with E-state index in [9.17, 15) is 14.0 Å².